The molecule has 0 saturated heterocycles. The minimum absolute atomic E-state index is 0.190. The Morgan fingerprint density at radius 2 is 1.91 bits per heavy atom. The first kappa shape index (κ1) is 17.6. The van der Waals surface area contributed by atoms with Gasteiger partial charge in [-0.2, -0.15) is 0 Å². The number of hydrogen-bond donors (Lipinski definition) is 3. The molecular formula is C18H28N2O3. The van der Waals surface area contributed by atoms with Gasteiger partial charge >= 0.3 is 6.03 Å². The molecule has 0 heterocycles. The van der Waals surface area contributed by atoms with E-state index in [1.807, 2.05) is 0 Å². The third kappa shape index (κ3) is 5.43. The summed E-state index contributed by atoms with van der Waals surface area (Å²) in [5, 5.41) is 15.8. The molecule has 0 aromatic heterocycles. The topological polar surface area (TPSA) is 70.6 Å². The maximum Gasteiger partial charge on any atom is 0.314 e. The van der Waals surface area contributed by atoms with Gasteiger partial charge in [0.15, 0.2) is 0 Å². The lowest BCUT2D eigenvalue weighted by atomic mass is 9.94. The van der Waals surface area contributed by atoms with Crippen LogP contribution >= 0.6 is 0 Å². The zero-order valence-electron chi connectivity index (χ0n) is 14.3. The molecule has 1 aromatic carbocycles. The van der Waals surface area contributed by atoms with Gasteiger partial charge in [-0.3, -0.25) is 0 Å². The van der Waals surface area contributed by atoms with E-state index in [0.717, 1.165) is 24.3 Å². The quantitative estimate of drug-likeness (QED) is 0.690. The molecule has 0 bridgehead atoms. The van der Waals surface area contributed by atoms with Crippen LogP contribution in [0.4, 0.5) is 4.79 Å². The largest absolute Gasteiger partial charge is 0.497 e. The molecule has 1 atom stereocenters. The lowest BCUT2D eigenvalue weighted by Gasteiger charge is -2.19. The molecule has 1 aliphatic rings. The summed E-state index contributed by atoms with van der Waals surface area (Å²) >= 11 is 0. The first-order valence-corrected chi connectivity index (χ1v) is 8.28. The smallest absolute Gasteiger partial charge is 0.314 e. The van der Waals surface area contributed by atoms with E-state index >= 15 is 0 Å². The highest BCUT2D eigenvalue weighted by molar-refractivity contribution is 5.73. The monoisotopic (exact) mass is 320 g/mol. The Morgan fingerprint density at radius 3 is 2.43 bits per heavy atom. The zero-order chi connectivity index (χ0) is 16.9. The molecule has 2 amide bonds. The predicted molar refractivity (Wildman–Crippen MR) is 90.5 cm³/mol. The molecule has 1 saturated carbocycles. The molecule has 1 aliphatic carbocycles. The lowest BCUT2D eigenvalue weighted by molar-refractivity contribution is 0.172. The van der Waals surface area contributed by atoms with E-state index in [4.69, 9.17) is 4.74 Å². The van der Waals surface area contributed by atoms with Crippen LogP contribution in [0.3, 0.4) is 0 Å². The maximum absolute atomic E-state index is 11.9. The Hall–Kier alpha value is -1.75. The molecule has 1 unspecified atom stereocenters. The highest BCUT2D eigenvalue weighted by Gasteiger charge is 2.42. The number of amides is 2. The minimum atomic E-state index is -0.725. The van der Waals surface area contributed by atoms with Gasteiger partial charge in [0.2, 0.25) is 0 Å². The van der Waals surface area contributed by atoms with Gasteiger partial charge < -0.3 is 20.5 Å². The van der Waals surface area contributed by atoms with E-state index in [2.05, 4.69) is 24.5 Å². The second-order valence-corrected chi connectivity index (χ2v) is 6.95. The van der Waals surface area contributed by atoms with E-state index in [9.17, 15) is 9.90 Å². The zero-order valence-corrected chi connectivity index (χ0v) is 14.3. The van der Waals surface area contributed by atoms with Crippen molar-refractivity contribution < 1.29 is 14.6 Å². The van der Waals surface area contributed by atoms with Crippen LogP contribution in [0.5, 0.6) is 5.75 Å². The fraction of sp³-hybridized carbons (Fsp3) is 0.611. The first-order valence-electron chi connectivity index (χ1n) is 8.28. The highest BCUT2D eigenvalue weighted by atomic mass is 16.5. The van der Waals surface area contributed by atoms with Crippen molar-refractivity contribution in [2.75, 3.05) is 20.2 Å². The Morgan fingerprint density at radius 1 is 1.26 bits per heavy atom. The van der Waals surface area contributed by atoms with E-state index in [1.165, 1.54) is 12.8 Å². The van der Waals surface area contributed by atoms with Crippen molar-refractivity contribution in [2.24, 2.45) is 11.3 Å². The Balaban J connectivity index is 1.71. The van der Waals surface area contributed by atoms with Gasteiger partial charge in [0.05, 0.1) is 13.2 Å². The first-order chi connectivity index (χ1) is 10.9. The number of rotatable bonds is 8. The van der Waals surface area contributed by atoms with Crippen LogP contribution in [-0.4, -0.2) is 31.3 Å². The second-order valence-electron chi connectivity index (χ2n) is 6.95. The summed E-state index contributed by atoms with van der Waals surface area (Å²) in [7, 11) is 1.60. The average molecular weight is 320 g/mol. The molecular weight excluding hydrogens is 292 g/mol. The van der Waals surface area contributed by atoms with Gasteiger partial charge in [-0.25, -0.2) is 4.79 Å². The summed E-state index contributed by atoms with van der Waals surface area (Å²) in [5.41, 5.74) is 1.06. The third-order valence-corrected chi connectivity index (χ3v) is 4.38. The summed E-state index contributed by atoms with van der Waals surface area (Å²) in [6.07, 6.45) is 2.82. The van der Waals surface area contributed by atoms with Gasteiger partial charge in [-0.1, -0.05) is 26.0 Å². The average Bonchev–Trinajstić information content (AvgIpc) is 3.29. The van der Waals surface area contributed by atoms with Crippen molar-refractivity contribution in [2.45, 2.75) is 39.2 Å². The summed E-state index contributed by atoms with van der Waals surface area (Å²) in [6.45, 7) is 5.34. The van der Waals surface area contributed by atoms with Crippen molar-refractivity contribution in [3.05, 3.63) is 29.8 Å². The molecule has 0 aliphatic heterocycles. The van der Waals surface area contributed by atoms with Crippen LogP contribution in [-0.2, 0) is 0 Å². The summed E-state index contributed by atoms with van der Waals surface area (Å²) in [6, 6.07) is 6.96. The molecule has 1 fully saturated rings. The number of ether oxygens (including phenoxy) is 1. The van der Waals surface area contributed by atoms with Crippen LogP contribution in [0.1, 0.15) is 44.8 Å². The van der Waals surface area contributed by atoms with Gasteiger partial charge in [0.25, 0.3) is 0 Å². The van der Waals surface area contributed by atoms with Crippen molar-refractivity contribution in [1.29, 1.82) is 0 Å². The van der Waals surface area contributed by atoms with Gasteiger partial charge in [-0.15, -0.1) is 0 Å². The van der Waals surface area contributed by atoms with Crippen LogP contribution in [0.25, 0.3) is 0 Å². The summed E-state index contributed by atoms with van der Waals surface area (Å²) < 4.78 is 5.08. The fourth-order valence-corrected chi connectivity index (χ4v) is 2.96. The number of aliphatic hydroxyl groups is 1. The normalized spacial score (nSPS) is 16.7. The second kappa shape index (κ2) is 7.68. The molecule has 0 radical (unpaired) electrons. The Bertz CT molecular complexity index is 510. The third-order valence-electron chi connectivity index (χ3n) is 4.38. The molecule has 5 nitrogen and oxygen atoms in total. The van der Waals surface area contributed by atoms with Crippen LogP contribution in [0.15, 0.2) is 24.3 Å². The van der Waals surface area contributed by atoms with Crippen molar-refractivity contribution >= 4 is 6.03 Å². The molecule has 1 aromatic rings. The fourth-order valence-electron chi connectivity index (χ4n) is 2.96. The molecule has 5 heteroatoms. The number of nitrogens with one attached hydrogen (secondary N) is 2. The number of hydrogen-bond acceptors (Lipinski definition) is 3. The number of carbonyl (C=O) groups excluding carboxylic acids is 1. The summed E-state index contributed by atoms with van der Waals surface area (Å²) in [5.74, 6) is 1.39. The van der Waals surface area contributed by atoms with E-state index in [0.29, 0.717) is 11.3 Å². The summed E-state index contributed by atoms with van der Waals surface area (Å²) in [4.78, 5) is 11.9. The standard InChI is InChI=1S/C18H28N2O3/c1-13(2)10-18(8-9-18)12-20-17(22)19-11-16(21)14-4-6-15(23-3)7-5-14/h4-7,13,16,21H,8-12H2,1-3H3,(H2,19,20,22). The van der Waals surface area contributed by atoms with Gasteiger partial charge in [0, 0.05) is 13.1 Å². The molecule has 0 spiro atoms. The number of benzene rings is 1. The van der Waals surface area contributed by atoms with E-state index in [-0.39, 0.29) is 12.6 Å². The minimum Gasteiger partial charge on any atom is -0.497 e. The molecule has 2 rings (SSSR count). The molecule has 3 N–H and O–H groups in total. The molecule has 23 heavy (non-hydrogen) atoms. The van der Waals surface area contributed by atoms with Crippen molar-refractivity contribution in [3.63, 3.8) is 0 Å². The van der Waals surface area contributed by atoms with Crippen LogP contribution in [0.2, 0.25) is 0 Å². The van der Waals surface area contributed by atoms with Gasteiger partial charge in [-0.05, 0) is 48.3 Å². The maximum atomic E-state index is 11.9. The van der Waals surface area contributed by atoms with E-state index in [1.54, 1.807) is 31.4 Å². The number of aliphatic hydroxyl groups excluding tert-OH is 1. The molecule has 128 valence electrons. The van der Waals surface area contributed by atoms with E-state index < -0.39 is 6.10 Å². The number of methoxy groups -OCH3 is 1. The highest BCUT2D eigenvalue weighted by Crippen LogP contribution is 2.49. The Labute approximate surface area is 138 Å². The van der Waals surface area contributed by atoms with Gasteiger partial charge in [0.1, 0.15) is 5.75 Å². The predicted octanol–water partition coefficient (Wildman–Crippen LogP) is 2.85. The van der Waals surface area contributed by atoms with Crippen molar-refractivity contribution in [3.8, 4) is 5.75 Å². The number of carbonyl (C=O) groups is 1. The van der Waals surface area contributed by atoms with Crippen molar-refractivity contribution in [1.82, 2.24) is 10.6 Å². The van der Waals surface area contributed by atoms with Crippen LogP contribution < -0.4 is 15.4 Å². The Kier molecular flexibility index (Phi) is 5.88. The number of urea groups is 1. The SMILES string of the molecule is COc1ccc(C(O)CNC(=O)NCC2(CC(C)C)CC2)cc1. The van der Waals surface area contributed by atoms with Crippen LogP contribution in [0, 0.1) is 11.3 Å². The lowest BCUT2D eigenvalue weighted by Crippen LogP contribution is -2.40.